The van der Waals surface area contributed by atoms with Gasteiger partial charge in [0.25, 0.3) is 11.5 Å². The van der Waals surface area contributed by atoms with E-state index in [4.69, 9.17) is 19.2 Å². The van der Waals surface area contributed by atoms with Crippen LogP contribution in [0, 0.1) is 26.2 Å². The maximum absolute atomic E-state index is 14.1. The predicted octanol–water partition coefficient (Wildman–Crippen LogP) is 6.55. The highest BCUT2D eigenvalue weighted by molar-refractivity contribution is 7.13. The molecule has 0 radical (unpaired) electrons. The van der Waals surface area contributed by atoms with Gasteiger partial charge < -0.3 is 55.4 Å². The number of aryl methyl sites for hydroxylation is 3. The lowest BCUT2D eigenvalue weighted by molar-refractivity contribution is -0.144. The minimum atomic E-state index is -0.990. The zero-order valence-corrected chi connectivity index (χ0v) is 46.4. The van der Waals surface area contributed by atoms with Gasteiger partial charge in [0.1, 0.15) is 24.5 Å². The molecule has 412 valence electrons. The number of aliphatic hydroxyl groups excluding tert-OH is 1. The smallest absolute Gasteiger partial charge is 0.253 e. The van der Waals surface area contributed by atoms with Crippen molar-refractivity contribution in [2.75, 3.05) is 62.9 Å². The predicted molar refractivity (Wildman–Crippen MR) is 298 cm³/mol. The van der Waals surface area contributed by atoms with Crippen LogP contribution in [0.25, 0.3) is 21.6 Å². The van der Waals surface area contributed by atoms with Gasteiger partial charge in [-0.1, -0.05) is 45.0 Å². The van der Waals surface area contributed by atoms with E-state index in [0.29, 0.717) is 49.4 Å². The lowest BCUT2D eigenvalue weighted by atomic mass is 9.85. The first kappa shape index (κ1) is 56.7. The highest BCUT2D eigenvalue weighted by atomic mass is 32.1. The van der Waals surface area contributed by atoms with Crippen molar-refractivity contribution in [3.8, 4) is 21.6 Å². The molecule has 0 saturated carbocycles. The van der Waals surface area contributed by atoms with E-state index in [0.717, 1.165) is 81.0 Å². The molecule has 77 heavy (non-hydrogen) atoms. The summed E-state index contributed by atoms with van der Waals surface area (Å²) in [4.78, 5) is 84.8. The molecule has 3 aliphatic rings. The van der Waals surface area contributed by atoms with Gasteiger partial charge in [0.05, 0.1) is 48.0 Å². The van der Waals surface area contributed by atoms with Gasteiger partial charge in [-0.15, -0.1) is 11.3 Å². The molecule has 18 nitrogen and oxygen atoms in total. The average molecular weight is 1070 g/mol. The summed E-state index contributed by atoms with van der Waals surface area (Å²) < 4.78 is 17.1. The molecular weight excluding hydrogens is 999 g/mol. The number of fused-ring (bicyclic) bond motifs is 1. The van der Waals surface area contributed by atoms with Crippen molar-refractivity contribution in [2.45, 2.75) is 130 Å². The first-order chi connectivity index (χ1) is 36.9. The number of aromatic amines is 1. The molecule has 2 aromatic carbocycles. The van der Waals surface area contributed by atoms with Crippen LogP contribution in [0.3, 0.4) is 0 Å². The number of hydrogen-bond donors (Lipinski definition) is 6. The Morgan fingerprint density at radius 3 is 2.35 bits per heavy atom. The van der Waals surface area contributed by atoms with E-state index in [2.05, 4.69) is 49.1 Å². The molecule has 2 unspecified atom stereocenters. The van der Waals surface area contributed by atoms with Gasteiger partial charge in [-0.2, -0.15) is 0 Å². The molecule has 5 aromatic rings. The van der Waals surface area contributed by atoms with E-state index in [1.54, 1.807) is 17.5 Å². The quantitative estimate of drug-likeness (QED) is 0.0455. The lowest BCUT2D eigenvalue weighted by Gasteiger charge is -2.44. The van der Waals surface area contributed by atoms with Crippen molar-refractivity contribution in [2.24, 2.45) is 5.41 Å². The highest BCUT2D eigenvalue weighted by Crippen LogP contribution is 2.40. The summed E-state index contributed by atoms with van der Waals surface area (Å²) in [5, 5.41) is 22.9. The van der Waals surface area contributed by atoms with Crippen LogP contribution in [-0.2, 0) is 41.6 Å². The third kappa shape index (κ3) is 14.0. The monoisotopic (exact) mass is 1070 g/mol. The summed E-state index contributed by atoms with van der Waals surface area (Å²) in [6, 6.07) is 16.1. The number of H-pyrrole nitrogens is 1. The minimum absolute atomic E-state index is 0.0321. The van der Waals surface area contributed by atoms with Gasteiger partial charge in [0.2, 0.25) is 17.7 Å². The molecule has 19 heteroatoms. The Morgan fingerprint density at radius 1 is 0.922 bits per heavy atom. The SMILES string of the molecule is Cc1cc(C)c(CNC(=O)c2cc(-c3ccc(NCCOCCOCC(=O)NC(C(=O)N4C[C@H](O)C[C@H]4C(=O)N[C@@H](C)c4ccc(-c5scnc5C)cc4)C(C)(C)C)nc3)cc3c2CCC(C)N3C2CCOCC2)c(=O)[nH]1. The van der Waals surface area contributed by atoms with Crippen molar-refractivity contribution in [1.29, 1.82) is 0 Å². The van der Waals surface area contributed by atoms with Gasteiger partial charge >= 0.3 is 0 Å². The van der Waals surface area contributed by atoms with Crippen LogP contribution in [0.1, 0.15) is 110 Å². The number of carbonyl (C=O) groups excluding carboxylic acids is 4. The van der Waals surface area contributed by atoms with Crippen LogP contribution in [-0.4, -0.2) is 132 Å². The average Bonchev–Trinajstić information content (AvgIpc) is 4.06. The normalized spacial score (nSPS) is 18.6. The molecule has 3 aliphatic heterocycles. The van der Waals surface area contributed by atoms with Crippen molar-refractivity contribution < 1.29 is 38.5 Å². The van der Waals surface area contributed by atoms with Crippen molar-refractivity contribution in [3.63, 3.8) is 0 Å². The highest BCUT2D eigenvalue weighted by Gasteiger charge is 2.45. The van der Waals surface area contributed by atoms with Gasteiger partial charge in [-0.3, -0.25) is 24.0 Å². The van der Waals surface area contributed by atoms with Crippen LogP contribution in [0.4, 0.5) is 11.5 Å². The molecule has 4 amide bonds. The summed E-state index contributed by atoms with van der Waals surface area (Å²) >= 11 is 1.57. The zero-order chi connectivity index (χ0) is 55.0. The molecule has 2 saturated heterocycles. The summed E-state index contributed by atoms with van der Waals surface area (Å²) in [6.07, 6.45) is 4.48. The molecule has 2 fully saturated rings. The third-order valence-corrected chi connectivity index (χ3v) is 15.8. The molecule has 0 bridgehead atoms. The summed E-state index contributed by atoms with van der Waals surface area (Å²) in [6.45, 7) is 17.6. The number of carbonyl (C=O) groups is 4. The molecule has 0 aliphatic carbocycles. The van der Waals surface area contributed by atoms with Crippen LogP contribution in [0.2, 0.25) is 0 Å². The summed E-state index contributed by atoms with van der Waals surface area (Å²) in [7, 11) is 0. The van der Waals surface area contributed by atoms with E-state index in [9.17, 15) is 29.1 Å². The third-order valence-electron chi connectivity index (χ3n) is 14.9. The molecule has 6 N–H and O–H groups in total. The van der Waals surface area contributed by atoms with Crippen molar-refractivity contribution >= 4 is 46.5 Å². The Kier molecular flexibility index (Phi) is 18.6. The van der Waals surface area contributed by atoms with E-state index in [1.807, 2.05) is 103 Å². The Bertz CT molecular complexity index is 2930. The Balaban J connectivity index is 0.804. The second kappa shape index (κ2) is 25.3. The number of nitrogens with zero attached hydrogens (tertiary/aromatic N) is 4. The zero-order valence-electron chi connectivity index (χ0n) is 45.6. The minimum Gasteiger partial charge on any atom is -0.391 e. The first-order valence-corrected chi connectivity index (χ1v) is 27.7. The summed E-state index contributed by atoms with van der Waals surface area (Å²) in [5.74, 6) is -0.907. The Morgan fingerprint density at radius 2 is 1.66 bits per heavy atom. The maximum atomic E-state index is 14.1. The molecule has 0 spiro atoms. The van der Waals surface area contributed by atoms with Crippen molar-refractivity contribution in [1.82, 2.24) is 35.8 Å². The van der Waals surface area contributed by atoms with Crippen molar-refractivity contribution in [3.05, 3.63) is 116 Å². The number of nitrogens with one attached hydrogen (secondary N) is 5. The molecule has 6 heterocycles. The molecule has 8 rings (SSSR count). The number of β-amino-alcohol motifs (C(OH)–C–C–N with tert-alkyl or cyclic N) is 1. The van der Waals surface area contributed by atoms with Crippen LogP contribution in [0.5, 0.6) is 0 Å². The van der Waals surface area contributed by atoms with Gasteiger partial charge in [0.15, 0.2) is 0 Å². The fourth-order valence-corrected chi connectivity index (χ4v) is 11.5. The second-order valence-electron chi connectivity index (χ2n) is 21.7. The standard InChI is InChI=1S/C58H75N9O9S/c1-34-25-35(2)63-55(71)47(34)30-61-54(70)46-26-42(27-48-45(46)15-9-36(3)67(48)43-17-20-74-21-18-43)41-14-16-50(60-29-41)59-19-22-75-23-24-76-32-51(69)65-53(58(6,7)8)57(73)66-31-44(68)28-49(66)56(72)64-37(4)39-10-12-40(13-11-39)52-38(5)62-33-77-52/h10-14,16,25-27,29,33,36-37,43-44,49,53,68H,9,15,17-24,28,30-32H2,1-8H3,(H,59,60)(H,61,70)(H,63,71)(H,64,72)(H,65,69)/t36?,37-,44+,49-,53?/m0/s1. The van der Waals surface area contributed by atoms with Crippen LogP contribution >= 0.6 is 11.3 Å². The largest absolute Gasteiger partial charge is 0.391 e. The number of hydrogen-bond acceptors (Lipinski definition) is 14. The number of amides is 4. The van der Waals surface area contributed by atoms with Gasteiger partial charge in [0, 0.05) is 85.6 Å². The number of benzene rings is 2. The van der Waals surface area contributed by atoms with Crippen LogP contribution < -0.4 is 31.7 Å². The molecule has 3 aromatic heterocycles. The topological polar surface area (TPSA) is 229 Å². The number of aliphatic hydroxyl groups is 1. The Labute approximate surface area is 455 Å². The fourth-order valence-electron chi connectivity index (χ4n) is 10.7. The lowest BCUT2D eigenvalue weighted by Crippen LogP contribution is -2.58. The number of likely N-dealkylation sites (tertiary alicyclic amines) is 1. The molecular formula is C58H75N9O9S. The number of rotatable bonds is 20. The van der Waals surface area contributed by atoms with E-state index < -0.39 is 35.4 Å². The van der Waals surface area contributed by atoms with E-state index in [1.165, 1.54) is 4.90 Å². The van der Waals surface area contributed by atoms with Gasteiger partial charge in [-0.05, 0) is 124 Å². The van der Waals surface area contributed by atoms with Gasteiger partial charge in [-0.25, -0.2) is 9.97 Å². The van der Waals surface area contributed by atoms with Crippen LogP contribution in [0.15, 0.2) is 71.1 Å². The van der Waals surface area contributed by atoms with E-state index >= 15 is 0 Å². The number of thiazole rings is 1. The number of anilines is 2. The summed E-state index contributed by atoms with van der Waals surface area (Å²) in [5.41, 5.74) is 10.3. The second-order valence-corrected chi connectivity index (χ2v) is 22.5. The number of aromatic nitrogens is 3. The number of pyridine rings is 2. The fraction of sp³-hybridized carbons (Fsp3) is 0.500. The molecule has 5 atom stereocenters. The maximum Gasteiger partial charge on any atom is 0.253 e. The Hall–Kier alpha value is -6.51. The first-order valence-electron chi connectivity index (χ1n) is 26.8. The van der Waals surface area contributed by atoms with E-state index in [-0.39, 0.29) is 68.8 Å². The number of ether oxygens (including phenoxy) is 3.